The largest absolute Gasteiger partial charge is 0.368 e. The molecule has 3 aliphatic heterocycles. The molecule has 6 nitrogen and oxygen atoms in total. The van der Waals surface area contributed by atoms with Gasteiger partial charge in [0.1, 0.15) is 11.9 Å². The molecule has 5 atom stereocenters. The van der Waals surface area contributed by atoms with E-state index in [1.165, 1.54) is 36.8 Å². The number of para-hydroxylation sites is 2. The van der Waals surface area contributed by atoms with E-state index in [1.54, 1.807) is 0 Å². The molecule has 4 fully saturated rings. The van der Waals surface area contributed by atoms with Crippen LogP contribution < -0.4 is 0 Å². The highest BCUT2D eigenvalue weighted by molar-refractivity contribution is 6.30. The first-order valence-corrected chi connectivity index (χ1v) is 15.1. The van der Waals surface area contributed by atoms with Crippen LogP contribution in [-0.4, -0.2) is 70.2 Å². The van der Waals surface area contributed by atoms with Crippen LogP contribution in [0.3, 0.4) is 0 Å². The van der Waals surface area contributed by atoms with Gasteiger partial charge in [0.05, 0.1) is 11.0 Å². The van der Waals surface area contributed by atoms with E-state index >= 15 is 0 Å². The lowest BCUT2D eigenvalue weighted by molar-refractivity contribution is -0.140. The molecule has 3 aromatic rings. The van der Waals surface area contributed by atoms with Crippen molar-refractivity contribution in [2.24, 2.45) is 5.92 Å². The zero-order chi connectivity index (χ0) is 26.7. The number of likely N-dealkylation sites (N-methyl/N-ethyl adjacent to an activating group) is 1. The highest BCUT2D eigenvalue weighted by atomic mass is 35.5. The number of halogens is 1. The molecule has 0 spiro atoms. The Morgan fingerprint density at radius 1 is 1.10 bits per heavy atom. The Morgan fingerprint density at radius 2 is 1.90 bits per heavy atom. The highest BCUT2D eigenvalue weighted by Crippen LogP contribution is 2.57. The van der Waals surface area contributed by atoms with Crippen molar-refractivity contribution in [3.63, 3.8) is 0 Å². The van der Waals surface area contributed by atoms with Gasteiger partial charge in [-0.2, -0.15) is 0 Å². The van der Waals surface area contributed by atoms with E-state index in [0.29, 0.717) is 30.7 Å². The van der Waals surface area contributed by atoms with Gasteiger partial charge < -0.3 is 14.2 Å². The van der Waals surface area contributed by atoms with Crippen molar-refractivity contribution in [3.8, 4) is 0 Å². The molecule has 4 heterocycles. The average molecular weight is 547 g/mol. The molecule has 2 bridgehead atoms. The summed E-state index contributed by atoms with van der Waals surface area (Å²) in [6.07, 6.45) is 7.56. The number of fused-ring (bicyclic) bond motifs is 3. The van der Waals surface area contributed by atoms with E-state index in [9.17, 15) is 4.79 Å². The van der Waals surface area contributed by atoms with Crippen molar-refractivity contribution in [2.45, 2.75) is 81.5 Å². The number of aryl methyl sites for hydroxylation is 1. The molecule has 3 unspecified atom stereocenters. The Hall–Kier alpha value is -2.41. The van der Waals surface area contributed by atoms with Gasteiger partial charge in [0.25, 0.3) is 5.91 Å². The first kappa shape index (κ1) is 25.6. The molecular weight excluding hydrogens is 508 g/mol. The number of hydrogen-bond donors (Lipinski definition) is 0. The van der Waals surface area contributed by atoms with Crippen LogP contribution in [0.2, 0.25) is 5.02 Å². The lowest BCUT2D eigenvalue weighted by Crippen LogP contribution is -2.46. The number of aromatic nitrogens is 2. The summed E-state index contributed by atoms with van der Waals surface area (Å²) in [4.78, 5) is 22.8. The molecule has 2 aromatic carbocycles. The minimum Gasteiger partial charge on any atom is -0.368 e. The predicted molar refractivity (Wildman–Crippen MR) is 154 cm³/mol. The molecule has 1 amide bonds. The summed E-state index contributed by atoms with van der Waals surface area (Å²) < 4.78 is 8.24. The Labute approximate surface area is 236 Å². The molecule has 7 heteroatoms. The first-order valence-electron chi connectivity index (χ1n) is 14.7. The quantitative estimate of drug-likeness (QED) is 0.378. The van der Waals surface area contributed by atoms with Crippen molar-refractivity contribution < 1.29 is 9.53 Å². The Balaban J connectivity index is 1.09. The number of nitrogens with zero attached hydrogens (tertiary/aromatic N) is 4. The highest BCUT2D eigenvalue weighted by Gasteiger charge is 2.58. The van der Waals surface area contributed by atoms with Crippen LogP contribution >= 0.6 is 11.6 Å². The summed E-state index contributed by atoms with van der Waals surface area (Å²) in [7, 11) is 1.96. The topological polar surface area (TPSA) is 50.6 Å². The summed E-state index contributed by atoms with van der Waals surface area (Å²) in [6.45, 7) is 4.68. The molecule has 39 heavy (non-hydrogen) atoms. The third-order valence-corrected chi connectivity index (χ3v) is 10.4. The molecule has 0 N–H and O–H groups in total. The van der Waals surface area contributed by atoms with Crippen LogP contribution in [0.5, 0.6) is 0 Å². The van der Waals surface area contributed by atoms with Crippen molar-refractivity contribution >= 4 is 28.5 Å². The summed E-state index contributed by atoms with van der Waals surface area (Å²) in [5.41, 5.74) is 3.61. The number of rotatable bonds is 7. The molecule has 7 rings (SSSR count). The van der Waals surface area contributed by atoms with Gasteiger partial charge in [-0.1, -0.05) is 35.9 Å². The van der Waals surface area contributed by atoms with E-state index in [1.807, 2.05) is 18.0 Å². The van der Waals surface area contributed by atoms with E-state index in [0.717, 1.165) is 48.7 Å². The van der Waals surface area contributed by atoms with Gasteiger partial charge >= 0.3 is 0 Å². The Morgan fingerprint density at radius 3 is 2.64 bits per heavy atom. The number of ether oxygens (including phenoxy) is 1. The van der Waals surface area contributed by atoms with Crippen molar-refractivity contribution in [2.75, 3.05) is 26.7 Å². The summed E-state index contributed by atoms with van der Waals surface area (Å²) in [6, 6.07) is 18.6. The van der Waals surface area contributed by atoms with Gasteiger partial charge in [0.15, 0.2) is 0 Å². The lowest BCUT2D eigenvalue weighted by Gasteiger charge is -2.40. The maximum atomic E-state index is 13.2. The van der Waals surface area contributed by atoms with Gasteiger partial charge in [-0.15, -0.1) is 0 Å². The summed E-state index contributed by atoms with van der Waals surface area (Å²) in [5.74, 6) is 1.78. The normalized spacial score (nSPS) is 32.1. The third-order valence-electron chi connectivity index (χ3n) is 10.2. The lowest BCUT2D eigenvalue weighted by atomic mass is 9.91. The van der Waals surface area contributed by atoms with Gasteiger partial charge in [0.2, 0.25) is 0 Å². The fraction of sp³-hybridized carbons (Fsp3) is 0.562. The van der Waals surface area contributed by atoms with Gasteiger partial charge in [-0.05, 0) is 87.6 Å². The number of benzene rings is 2. The van der Waals surface area contributed by atoms with E-state index in [2.05, 4.69) is 58.9 Å². The fourth-order valence-electron chi connectivity index (χ4n) is 8.21. The minimum absolute atomic E-state index is 0.0403. The van der Waals surface area contributed by atoms with Crippen molar-refractivity contribution in [1.82, 2.24) is 19.4 Å². The molecule has 3 saturated heterocycles. The van der Waals surface area contributed by atoms with Gasteiger partial charge in [-0.3, -0.25) is 9.69 Å². The first-order chi connectivity index (χ1) is 18.9. The number of imidazole rings is 1. The second-order valence-corrected chi connectivity index (χ2v) is 12.9. The second-order valence-electron chi connectivity index (χ2n) is 12.5. The van der Waals surface area contributed by atoms with Crippen LogP contribution in [-0.2, 0) is 14.9 Å². The van der Waals surface area contributed by atoms with Crippen LogP contribution in [0.1, 0.15) is 62.4 Å². The molecule has 1 aromatic heterocycles. The zero-order valence-corrected chi connectivity index (χ0v) is 23.8. The Kier molecular flexibility index (Phi) is 6.48. The molecule has 1 saturated carbocycles. The number of carbonyl (C=O) groups excluding carboxylic acids is 1. The maximum Gasteiger partial charge on any atom is 0.251 e. The minimum atomic E-state index is -0.277. The second kappa shape index (κ2) is 9.90. The number of piperidine rings is 1. The third kappa shape index (κ3) is 4.49. The zero-order valence-electron chi connectivity index (χ0n) is 23.1. The number of amides is 1. The monoisotopic (exact) mass is 546 g/mol. The standard InChI is InChI=1S/C32H39ClN4O2/c1-21-34-28-9-3-4-10-29(28)37(21)27-16-25-12-13-26(17-27)36(25)19-23-18-32(23,22-7-5-8-24(33)15-22)20-35(2)31(38)30-11-6-14-39-30/h3-5,7-10,15,23,25-27,30H,6,11-14,16-20H2,1-2H3/t23-,25?,26?,27?,30?,32+/m0/s1. The van der Waals surface area contributed by atoms with Crippen molar-refractivity contribution in [3.05, 3.63) is 64.9 Å². The summed E-state index contributed by atoms with van der Waals surface area (Å²) in [5, 5.41) is 0.773. The van der Waals surface area contributed by atoms with Gasteiger partial charge in [0, 0.05) is 55.3 Å². The van der Waals surface area contributed by atoms with Crippen LogP contribution in [0, 0.1) is 12.8 Å². The molecule has 4 aliphatic rings. The van der Waals surface area contributed by atoms with Gasteiger partial charge in [-0.25, -0.2) is 4.98 Å². The SMILES string of the molecule is Cc1nc2ccccc2n1C1CC2CCC(C1)N2C[C@@H]1C[C@@]1(CN(C)C(=O)C1CCCO1)c1cccc(Cl)c1. The maximum absolute atomic E-state index is 13.2. The summed E-state index contributed by atoms with van der Waals surface area (Å²) >= 11 is 6.48. The molecule has 0 radical (unpaired) electrons. The smallest absolute Gasteiger partial charge is 0.251 e. The predicted octanol–water partition coefficient (Wildman–Crippen LogP) is 5.76. The number of hydrogen-bond acceptors (Lipinski definition) is 4. The van der Waals surface area contributed by atoms with Crippen LogP contribution in [0.25, 0.3) is 11.0 Å². The van der Waals surface area contributed by atoms with E-state index in [-0.39, 0.29) is 17.4 Å². The molecular formula is C32H39ClN4O2. The van der Waals surface area contributed by atoms with Crippen molar-refractivity contribution in [1.29, 1.82) is 0 Å². The van der Waals surface area contributed by atoms with E-state index in [4.69, 9.17) is 21.3 Å². The molecule has 1 aliphatic carbocycles. The van der Waals surface area contributed by atoms with Crippen LogP contribution in [0.15, 0.2) is 48.5 Å². The fourth-order valence-corrected chi connectivity index (χ4v) is 8.40. The van der Waals surface area contributed by atoms with Crippen LogP contribution in [0.4, 0.5) is 0 Å². The molecule has 206 valence electrons. The Bertz CT molecular complexity index is 1370. The average Bonchev–Trinajstić information content (AvgIpc) is 3.21. The number of carbonyl (C=O) groups is 1. The van der Waals surface area contributed by atoms with E-state index < -0.39 is 0 Å².